The van der Waals surface area contributed by atoms with Crippen molar-refractivity contribution in [2.45, 2.75) is 39.8 Å². The van der Waals surface area contributed by atoms with Crippen LogP contribution in [0, 0.1) is 11.3 Å². The predicted molar refractivity (Wildman–Crippen MR) is 82.9 cm³/mol. The van der Waals surface area contributed by atoms with E-state index in [2.05, 4.69) is 32.7 Å². The van der Waals surface area contributed by atoms with Crippen LogP contribution in [0.3, 0.4) is 0 Å². The number of halogens is 1. The number of hydrogen-bond acceptors (Lipinski definition) is 2. The van der Waals surface area contributed by atoms with Crippen molar-refractivity contribution in [3.05, 3.63) is 34.3 Å². The third-order valence-corrected chi connectivity index (χ3v) is 3.70. The van der Waals surface area contributed by atoms with Crippen LogP contribution in [0.5, 0.6) is 0 Å². The molecule has 0 heterocycles. The number of nitrogens with zero attached hydrogens (tertiary/aromatic N) is 1. The lowest BCUT2D eigenvalue weighted by molar-refractivity contribution is 0.220. The van der Waals surface area contributed by atoms with Crippen molar-refractivity contribution >= 4 is 17.4 Å². The third kappa shape index (κ3) is 4.84. The first-order valence-corrected chi connectivity index (χ1v) is 7.02. The average Bonchev–Trinajstić information content (AvgIpc) is 2.30. The van der Waals surface area contributed by atoms with E-state index in [1.807, 2.05) is 12.1 Å². The maximum Gasteiger partial charge on any atom is 0.122 e. The van der Waals surface area contributed by atoms with Gasteiger partial charge in [-0.05, 0) is 37.9 Å². The highest BCUT2D eigenvalue weighted by Gasteiger charge is 2.13. The zero-order chi connectivity index (χ0) is 14.6. The Morgan fingerprint density at radius 3 is 2.47 bits per heavy atom. The van der Waals surface area contributed by atoms with Gasteiger partial charge in [-0.25, -0.2) is 0 Å². The Morgan fingerprint density at radius 2 is 2.00 bits per heavy atom. The van der Waals surface area contributed by atoms with Crippen molar-refractivity contribution in [2.75, 3.05) is 7.05 Å². The van der Waals surface area contributed by atoms with Crippen LogP contribution in [0.1, 0.15) is 38.3 Å². The summed E-state index contributed by atoms with van der Waals surface area (Å²) in [5.74, 6) is 0.739. The first kappa shape index (κ1) is 16.0. The highest BCUT2D eigenvalue weighted by atomic mass is 35.5. The number of amidine groups is 1. The SMILES string of the molecule is CC(C)CC(C)N(C)Cc1ccc(C(=N)N)cc1Cl. The Hall–Kier alpha value is -1.06. The van der Waals surface area contributed by atoms with Crippen molar-refractivity contribution in [1.29, 1.82) is 5.41 Å². The molecule has 0 saturated carbocycles. The van der Waals surface area contributed by atoms with Gasteiger partial charge in [0.1, 0.15) is 5.84 Å². The minimum atomic E-state index is 0.0509. The Bertz CT molecular complexity index is 443. The van der Waals surface area contributed by atoms with Gasteiger partial charge in [0, 0.05) is 23.2 Å². The van der Waals surface area contributed by atoms with E-state index in [1.165, 1.54) is 6.42 Å². The Kier molecular flexibility index (Phi) is 5.83. The molecular weight excluding hydrogens is 258 g/mol. The summed E-state index contributed by atoms with van der Waals surface area (Å²) in [6.07, 6.45) is 1.17. The molecule has 0 spiro atoms. The molecule has 1 aromatic carbocycles. The van der Waals surface area contributed by atoms with Crippen LogP contribution in [0.4, 0.5) is 0 Å². The number of nitrogens with one attached hydrogen (secondary N) is 1. The highest BCUT2D eigenvalue weighted by Crippen LogP contribution is 2.21. The van der Waals surface area contributed by atoms with Gasteiger partial charge in [0.25, 0.3) is 0 Å². The third-order valence-electron chi connectivity index (χ3n) is 3.35. The fourth-order valence-corrected chi connectivity index (χ4v) is 2.37. The normalized spacial score (nSPS) is 13.0. The maximum atomic E-state index is 7.40. The summed E-state index contributed by atoms with van der Waals surface area (Å²) in [6.45, 7) is 7.51. The van der Waals surface area contributed by atoms with Gasteiger partial charge in [-0.1, -0.05) is 37.6 Å². The fourth-order valence-electron chi connectivity index (χ4n) is 2.13. The van der Waals surface area contributed by atoms with E-state index in [4.69, 9.17) is 22.7 Å². The Morgan fingerprint density at radius 1 is 1.37 bits per heavy atom. The van der Waals surface area contributed by atoms with E-state index < -0.39 is 0 Å². The van der Waals surface area contributed by atoms with Gasteiger partial charge in [0.05, 0.1) is 0 Å². The minimum absolute atomic E-state index is 0.0509. The van der Waals surface area contributed by atoms with Crippen molar-refractivity contribution < 1.29 is 0 Å². The summed E-state index contributed by atoms with van der Waals surface area (Å²) >= 11 is 6.25. The molecule has 1 aromatic rings. The molecular formula is C15H24ClN3. The standard InChI is InChI=1S/C15H24ClN3/c1-10(2)7-11(3)19(4)9-13-6-5-12(15(17)18)8-14(13)16/h5-6,8,10-11H,7,9H2,1-4H3,(H3,17,18). The molecule has 0 saturated heterocycles. The van der Waals surface area contributed by atoms with Gasteiger partial charge in [-0.2, -0.15) is 0 Å². The van der Waals surface area contributed by atoms with Crippen LogP contribution in [0.15, 0.2) is 18.2 Å². The number of hydrogen-bond donors (Lipinski definition) is 2. The molecule has 19 heavy (non-hydrogen) atoms. The fraction of sp³-hybridized carbons (Fsp3) is 0.533. The van der Waals surface area contributed by atoms with Gasteiger partial charge >= 0.3 is 0 Å². The smallest absolute Gasteiger partial charge is 0.122 e. The van der Waals surface area contributed by atoms with E-state index in [0.29, 0.717) is 22.5 Å². The van der Waals surface area contributed by atoms with Crippen LogP contribution in [0.25, 0.3) is 0 Å². The zero-order valence-electron chi connectivity index (χ0n) is 12.2. The Labute approximate surface area is 121 Å². The second kappa shape index (κ2) is 6.92. The van der Waals surface area contributed by atoms with Crippen molar-refractivity contribution in [2.24, 2.45) is 11.7 Å². The van der Waals surface area contributed by atoms with E-state index >= 15 is 0 Å². The quantitative estimate of drug-likeness (QED) is 0.619. The largest absolute Gasteiger partial charge is 0.384 e. The number of nitrogen functional groups attached to an aromatic ring is 1. The molecule has 4 heteroatoms. The highest BCUT2D eigenvalue weighted by molar-refractivity contribution is 6.31. The van der Waals surface area contributed by atoms with Gasteiger partial charge in [0.2, 0.25) is 0 Å². The van der Waals surface area contributed by atoms with Crippen molar-refractivity contribution in [3.63, 3.8) is 0 Å². The summed E-state index contributed by atoms with van der Waals surface area (Å²) in [6, 6.07) is 6.09. The molecule has 0 aliphatic carbocycles. The van der Waals surface area contributed by atoms with Crippen LogP contribution in [-0.2, 0) is 6.54 Å². The minimum Gasteiger partial charge on any atom is -0.384 e. The van der Waals surface area contributed by atoms with Crippen LogP contribution < -0.4 is 5.73 Å². The predicted octanol–water partition coefficient (Wildman–Crippen LogP) is 3.49. The lowest BCUT2D eigenvalue weighted by atomic mass is 10.0. The topological polar surface area (TPSA) is 53.1 Å². The molecule has 3 nitrogen and oxygen atoms in total. The molecule has 0 aromatic heterocycles. The molecule has 0 amide bonds. The molecule has 0 radical (unpaired) electrons. The second-order valence-corrected chi connectivity index (χ2v) is 6.02. The number of rotatable bonds is 6. The monoisotopic (exact) mass is 281 g/mol. The molecule has 1 atom stereocenters. The van der Waals surface area contributed by atoms with Crippen LogP contribution in [-0.4, -0.2) is 23.8 Å². The lowest BCUT2D eigenvalue weighted by Crippen LogP contribution is -2.29. The molecule has 1 unspecified atom stereocenters. The molecule has 0 bridgehead atoms. The molecule has 0 fully saturated rings. The van der Waals surface area contributed by atoms with E-state index in [9.17, 15) is 0 Å². The van der Waals surface area contributed by atoms with E-state index in [-0.39, 0.29) is 5.84 Å². The average molecular weight is 282 g/mol. The summed E-state index contributed by atoms with van der Waals surface area (Å²) in [5, 5.41) is 8.08. The van der Waals surface area contributed by atoms with E-state index in [0.717, 1.165) is 12.1 Å². The second-order valence-electron chi connectivity index (χ2n) is 5.61. The first-order chi connectivity index (χ1) is 8.81. The van der Waals surface area contributed by atoms with Gasteiger partial charge in [-0.3, -0.25) is 10.3 Å². The molecule has 3 N–H and O–H groups in total. The maximum absolute atomic E-state index is 7.40. The van der Waals surface area contributed by atoms with Gasteiger partial charge in [-0.15, -0.1) is 0 Å². The van der Waals surface area contributed by atoms with Crippen molar-refractivity contribution in [1.82, 2.24) is 4.90 Å². The number of benzene rings is 1. The lowest BCUT2D eigenvalue weighted by Gasteiger charge is -2.26. The summed E-state index contributed by atoms with van der Waals surface area (Å²) in [7, 11) is 2.11. The van der Waals surface area contributed by atoms with Crippen molar-refractivity contribution in [3.8, 4) is 0 Å². The van der Waals surface area contributed by atoms with Gasteiger partial charge in [0.15, 0.2) is 0 Å². The summed E-state index contributed by atoms with van der Waals surface area (Å²) in [5.41, 5.74) is 7.20. The summed E-state index contributed by atoms with van der Waals surface area (Å²) in [4.78, 5) is 2.30. The molecule has 0 aliphatic heterocycles. The zero-order valence-corrected chi connectivity index (χ0v) is 13.0. The van der Waals surface area contributed by atoms with Gasteiger partial charge < -0.3 is 5.73 Å². The molecule has 1 rings (SSSR count). The van der Waals surface area contributed by atoms with Crippen LogP contribution >= 0.6 is 11.6 Å². The molecule has 0 aliphatic rings. The first-order valence-electron chi connectivity index (χ1n) is 6.64. The van der Waals surface area contributed by atoms with Crippen LogP contribution in [0.2, 0.25) is 5.02 Å². The summed E-state index contributed by atoms with van der Waals surface area (Å²) < 4.78 is 0. The van der Waals surface area contributed by atoms with E-state index in [1.54, 1.807) is 6.07 Å². The number of nitrogens with two attached hydrogens (primary N) is 1. The Balaban J connectivity index is 2.74. The molecule has 106 valence electrons.